The fourth-order valence-corrected chi connectivity index (χ4v) is 2.91. The summed E-state index contributed by atoms with van der Waals surface area (Å²) in [7, 11) is 4.91. The lowest BCUT2D eigenvalue weighted by atomic mass is 10.1. The van der Waals surface area contributed by atoms with E-state index < -0.39 is 4.92 Å². The fraction of sp³-hybridized carbons (Fsp3) is 0.350. The monoisotopic (exact) mass is 387 g/mol. The number of nitrogens with zero attached hydrogens (tertiary/aromatic N) is 2. The number of nitro benzene ring substituents is 1. The highest BCUT2D eigenvalue weighted by atomic mass is 16.6. The van der Waals surface area contributed by atoms with E-state index in [1.54, 1.807) is 45.2 Å². The Labute approximate surface area is 164 Å². The van der Waals surface area contributed by atoms with Crippen molar-refractivity contribution in [1.29, 1.82) is 0 Å². The van der Waals surface area contributed by atoms with Gasteiger partial charge in [0.15, 0.2) is 11.5 Å². The van der Waals surface area contributed by atoms with Crippen molar-refractivity contribution in [3.05, 3.63) is 57.1 Å². The molecule has 0 unspecified atom stereocenters. The molecule has 1 amide bonds. The zero-order valence-electron chi connectivity index (χ0n) is 16.7. The second kappa shape index (κ2) is 9.18. The van der Waals surface area contributed by atoms with Crippen LogP contribution in [0.2, 0.25) is 0 Å². The summed E-state index contributed by atoms with van der Waals surface area (Å²) < 4.78 is 10.7. The number of nitrogens with one attached hydrogen (secondary N) is 1. The first-order chi connectivity index (χ1) is 13.3. The standard InChI is InChI=1S/C20H25N3O5/c1-13-9-16(17(23(25)26)10-14(13)2)21-19(24)12-22(3)11-15-7-6-8-18(27-4)20(15)28-5/h6-10H,11-12H2,1-5H3,(H,21,24). The van der Waals surface area contributed by atoms with Gasteiger partial charge in [-0.15, -0.1) is 0 Å². The molecule has 0 atom stereocenters. The molecule has 2 rings (SSSR count). The van der Waals surface area contributed by atoms with Gasteiger partial charge in [0.2, 0.25) is 5.91 Å². The van der Waals surface area contributed by atoms with Crippen molar-refractivity contribution in [2.24, 2.45) is 0 Å². The average molecular weight is 387 g/mol. The third-order valence-electron chi connectivity index (χ3n) is 4.42. The first-order valence-corrected chi connectivity index (χ1v) is 8.70. The van der Waals surface area contributed by atoms with Crippen LogP contribution in [0.15, 0.2) is 30.3 Å². The molecule has 2 aromatic rings. The van der Waals surface area contributed by atoms with Crippen LogP contribution in [0.3, 0.4) is 0 Å². The van der Waals surface area contributed by atoms with E-state index in [1.165, 1.54) is 6.07 Å². The van der Waals surface area contributed by atoms with E-state index in [-0.39, 0.29) is 23.8 Å². The summed E-state index contributed by atoms with van der Waals surface area (Å²) in [4.78, 5) is 25.0. The number of likely N-dealkylation sites (N-methyl/N-ethyl adjacent to an activating group) is 1. The lowest BCUT2D eigenvalue weighted by Crippen LogP contribution is -2.30. The van der Waals surface area contributed by atoms with Gasteiger partial charge in [0, 0.05) is 18.2 Å². The molecule has 150 valence electrons. The highest BCUT2D eigenvalue weighted by Crippen LogP contribution is 2.31. The average Bonchev–Trinajstić information content (AvgIpc) is 2.63. The van der Waals surface area contributed by atoms with E-state index in [0.29, 0.717) is 18.0 Å². The van der Waals surface area contributed by atoms with Crippen LogP contribution in [-0.2, 0) is 11.3 Å². The van der Waals surface area contributed by atoms with Crippen molar-refractivity contribution in [2.45, 2.75) is 20.4 Å². The van der Waals surface area contributed by atoms with Gasteiger partial charge in [0.1, 0.15) is 5.69 Å². The Kier molecular flexibility index (Phi) is 6.94. The summed E-state index contributed by atoms with van der Waals surface area (Å²) >= 11 is 0. The highest BCUT2D eigenvalue weighted by Gasteiger charge is 2.19. The lowest BCUT2D eigenvalue weighted by Gasteiger charge is -2.19. The van der Waals surface area contributed by atoms with Crippen LogP contribution in [-0.4, -0.2) is 43.5 Å². The minimum atomic E-state index is -0.493. The highest BCUT2D eigenvalue weighted by molar-refractivity contribution is 5.94. The van der Waals surface area contributed by atoms with Crippen molar-refractivity contribution in [3.63, 3.8) is 0 Å². The van der Waals surface area contributed by atoms with E-state index in [2.05, 4.69) is 5.32 Å². The largest absolute Gasteiger partial charge is 0.493 e. The molecule has 8 nitrogen and oxygen atoms in total. The number of benzene rings is 2. The van der Waals surface area contributed by atoms with E-state index in [4.69, 9.17) is 9.47 Å². The van der Waals surface area contributed by atoms with E-state index in [0.717, 1.165) is 16.7 Å². The molecular formula is C20H25N3O5. The SMILES string of the molecule is COc1cccc(CN(C)CC(=O)Nc2cc(C)c(C)cc2[N+](=O)[O-])c1OC. The number of hydrogen-bond acceptors (Lipinski definition) is 6. The lowest BCUT2D eigenvalue weighted by molar-refractivity contribution is -0.384. The van der Waals surface area contributed by atoms with Crippen LogP contribution < -0.4 is 14.8 Å². The van der Waals surface area contributed by atoms with Gasteiger partial charge >= 0.3 is 0 Å². The summed E-state index contributed by atoms with van der Waals surface area (Å²) in [5.41, 5.74) is 2.62. The number of rotatable bonds is 8. The molecule has 8 heteroatoms. The maximum absolute atomic E-state index is 12.4. The van der Waals surface area contributed by atoms with Gasteiger partial charge in [-0.05, 0) is 44.2 Å². The number of anilines is 1. The van der Waals surface area contributed by atoms with Crippen molar-refractivity contribution < 1.29 is 19.2 Å². The molecule has 0 saturated heterocycles. The Bertz CT molecular complexity index is 882. The topological polar surface area (TPSA) is 93.9 Å². The Hall–Kier alpha value is -3.13. The van der Waals surface area contributed by atoms with Gasteiger partial charge in [-0.2, -0.15) is 0 Å². The predicted molar refractivity (Wildman–Crippen MR) is 107 cm³/mol. The fourth-order valence-electron chi connectivity index (χ4n) is 2.91. The molecule has 2 aromatic carbocycles. The zero-order chi connectivity index (χ0) is 20.8. The van der Waals surface area contributed by atoms with Crippen LogP contribution in [0.1, 0.15) is 16.7 Å². The summed E-state index contributed by atoms with van der Waals surface area (Å²) in [6.45, 7) is 4.15. The molecule has 0 radical (unpaired) electrons. The summed E-state index contributed by atoms with van der Waals surface area (Å²) in [5.74, 6) is 0.890. The Morgan fingerprint density at radius 2 is 1.86 bits per heavy atom. The Morgan fingerprint density at radius 3 is 2.46 bits per heavy atom. The number of methoxy groups -OCH3 is 2. The summed E-state index contributed by atoms with van der Waals surface area (Å²) in [6, 6.07) is 8.63. The van der Waals surface area contributed by atoms with Crippen molar-refractivity contribution in [1.82, 2.24) is 4.90 Å². The number of ether oxygens (including phenoxy) is 2. The third-order valence-corrected chi connectivity index (χ3v) is 4.42. The van der Waals surface area contributed by atoms with Crippen LogP contribution in [0.5, 0.6) is 11.5 Å². The van der Waals surface area contributed by atoms with Crippen molar-refractivity contribution in [2.75, 3.05) is 33.1 Å². The van der Waals surface area contributed by atoms with Crippen molar-refractivity contribution in [3.8, 4) is 11.5 Å². The van der Waals surface area contributed by atoms with Gasteiger partial charge in [0.05, 0.1) is 25.7 Å². The molecule has 0 fully saturated rings. The van der Waals surface area contributed by atoms with Crippen LogP contribution in [0.25, 0.3) is 0 Å². The molecule has 1 N–H and O–H groups in total. The van der Waals surface area contributed by atoms with Crippen molar-refractivity contribution >= 4 is 17.3 Å². The predicted octanol–water partition coefficient (Wildman–Crippen LogP) is 3.30. The minimum absolute atomic E-state index is 0.0600. The number of aryl methyl sites for hydroxylation is 2. The van der Waals surface area contributed by atoms with E-state index in [9.17, 15) is 14.9 Å². The summed E-state index contributed by atoms with van der Waals surface area (Å²) in [6.07, 6.45) is 0. The summed E-state index contributed by atoms with van der Waals surface area (Å²) in [5, 5.41) is 13.9. The first kappa shape index (κ1) is 21.2. The second-order valence-electron chi connectivity index (χ2n) is 6.58. The van der Waals surface area contributed by atoms with Crippen LogP contribution in [0, 0.1) is 24.0 Å². The first-order valence-electron chi connectivity index (χ1n) is 8.70. The smallest absolute Gasteiger partial charge is 0.293 e. The molecule has 0 aromatic heterocycles. The maximum Gasteiger partial charge on any atom is 0.293 e. The number of carbonyl (C=O) groups excluding carboxylic acids is 1. The molecule has 0 spiro atoms. The molecule has 0 aliphatic carbocycles. The molecule has 28 heavy (non-hydrogen) atoms. The van der Waals surface area contributed by atoms with Gasteiger partial charge in [-0.25, -0.2) is 0 Å². The zero-order valence-corrected chi connectivity index (χ0v) is 16.7. The second-order valence-corrected chi connectivity index (χ2v) is 6.58. The molecule has 0 aliphatic rings. The Morgan fingerprint density at radius 1 is 1.18 bits per heavy atom. The number of para-hydroxylation sites is 1. The molecule has 0 saturated carbocycles. The number of carbonyl (C=O) groups is 1. The molecule has 0 heterocycles. The molecule has 0 aliphatic heterocycles. The van der Waals surface area contributed by atoms with Gasteiger partial charge in [-0.1, -0.05) is 12.1 Å². The minimum Gasteiger partial charge on any atom is -0.493 e. The molecule has 0 bridgehead atoms. The number of hydrogen-bond donors (Lipinski definition) is 1. The number of nitro groups is 1. The molecular weight excluding hydrogens is 362 g/mol. The van der Waals surface area contributed by atoms with Gasteiger partial charge in [0.25, 0.3) is 5.69 Å². The maximum atomic E-state index is 12.4. The quantitative estimate of drug-likeness (QED) is 0.552. The Balaban J connectivity index is 2.10. The third kappa shape index (κ3) is 4.98. The van der Waals surface area contributed by atoms with Gasteiger partial charge in [-0.3, -0.25) is 19.8 Å². The van der Waals surface area contributed by atoms with E-state index >= 15 is 0 Å². The van der Waals surface area contributed by atoms with Crippen LogP contribution >= 0.6 is 0 Å². The van der Waals surface area contributed by atoms with E-state index in [1.807, 2.05) is 19.1 Å². The van der Waals surface area contributed by atoms with Crippen LogP contribution in [0.4, 0.5) is 11.4 Å². The van der Waals surface area contributed by atoms with Gasteiger partial charge < -0.3 is 14.8 Å². The number of amides is 1. The normalized spacial score (nSPS) is 10.6.